The molecule has 176 valence electrons. The SMILES string of the molecule is O=S(=O)([O-])CNc1ccc(N=Nc2nc3sc(N=Nc4ccc(C(F)(F)F)cc4)cc3s2)cc1.[Na+]. The van der Waals surface area contributed by atoms with Crippen LogP contribution in [-0.2, 0) is 16.3 Å². The predicted molar refractivity (Wildman–Crippen MR) is 122 cm³/mol. The van der Waals surface area contributed by atoms with Crippen LogP contribution in [0.4, 0.5) is 40.4 Å². The van der Waals surface area contributed by atoms with Crippen LogP contribution in [0.1, 0.15) is 5.56 Å². The summed E-state index contributed by atoms with van der Waals surface area (Å²) in [6.45, 7) is 0. The Morgan fingerprint density at radius 2 is 1.51 bits per heavy atom. The summed E-state index contributed by atoms with van der Waals surface area (Å²) in [5, 5.41) is 19.6. The van der Waals surface area contributed by atoms with Crippen LogP contribution in [0, 0.1) is 0 Å². The van der Waals surface area contributed by atoms with E-state index in [1.54, 1.807) is 30.3 Å². The van der Waals surface area contributed by atoms with Gasteiger partial charge in [0.25, 0.3) is 0 Å². The summed E-state index contributed by atoms with van der Waals surface area (Å²) in [6.07, 6.45) is -4.40. The number of fused-ring (bicyclic) bond motifs is 1. The van der Waals surface area contributed by atoms with Crippen molar-refractivity contribution in [3.63, 3.8) is 0 Å². The van der Waals surface area contributed by atoms with Crippen LogP contribution in [0.5, 0.6) is 0 Å². The Bertz CT molecular complexity index is 1440. The number of azo groups is 2. The van der Waals surface area contributed by atoms with Gasteiger partial charge in [0.1, 0.15) is 25.8 Å². The van der Waals surface area contributed by atoms with Gasteiger partial charge in [-0.2, -0.15) is 13.2 Å². The van der Waals surface area contributed by atoms with Gasteiger partial charge in [0.15, 0.2) is 0 Å². The first-order chi connectivity index (χ1) is 16.0. The molecule has 0 fully saturated rings. The molecule has 0 atom stereocenters. The van der Waals surface area contributed by atoms with Gasteiger partial charge in [-0.3, -0.25) is 0 Å². The van der Waals surface area contributed by atoms with Crippen LogP contribution in [-0.4, -0.2) is 23.8 Å². The summed E-state index contributed by atoms with van der Waals surface area (Å²) in [5.41, 5.74) is 0.491. The topological polar surface area (TPSA) is 132 Å². The van der Waals surface area contributed by atoms with E-state index in [0.29, 0.717) is 32.0 Å². The Morgan fingerprint density at radius 3 is 2.09 bits per heavy atom. The van der Waals surface area contributed by atoms with Gasteiger partial charge in [0.2, 0.25) is 5.13 Å². The van der Waals surface area contributed by atoms with E-state index in [4.69, 9.17) is 0 Å². The summed E-state index contributed by atoms with van der Waals surface area (Å²) in [6, 6.07) is 12.4. The van der Waals surface area contributed by atoms with Gasteiger partial charge in [-0.15, -0.1) is 20.5 Å². The number of rotatable bonds is 7. The van der Waals surface area contributed by atoms with Crippen LogP contribution >= 0.6 is 22.7 Å². The normalized spacial score (nSPS) is 12.5. The number of halogens is 3. The maximum absolute atomic E-state index is 12.6. The van der Waals surface area contributed by atoms with Gasteiger partial charge in [-0.05, 0) is 54.6 Å². The van der Waals surface area contributed by atoms with E-state index in [0.717, 1.165) is 16.8 Å². The van der Waals surface area contributed by atoms with Crippen LogP contribution < -0.4 is 34.9 Å². The summed E-state index contributed by atoms with van der Waals surface area (Å²) in [5.74, 6) is -0.713. The maximum atomic E-state index is 12.6. The second kappa shape index (κ2) is 11.2. The first-order valence-electron chi connectivity index (χ1n) is 9.24. The molecule has 2 aromatic carbocycles. The number of hydrogen-bond acceptors (Lipinski definition) is 11. The van der Waals surface area contributed by atoms with Gasteiger partial charge < -0.3 is 9.87 Å². The number of anilines is 1. The molecule has 1 N–H and O–H groups in total. The minimum atomic E-state index is -4.40. The average Bonchev–Trinajstić information content (AvgIpc) is 3.33. The largest absolute Gasteiger partial charge is 1.00 e. The fourth-order valence-corrected chi connectivity index (χ4v) is 4.74. The van der Waals surface area contributed by atoms with Gasteiger partial charge in [0, 0.05) is 5.69 Å². The van der Waals surface area contributed by atoms with Crippen molar-refractivity contribution < 1.29 is 55.7 Å². The number of alkyl halides is 3. The zero-order chi connectivity index (χ0) is 24.3. The van der Waals surface area contributed by atoms with Crippen molar-refractivity contribution in [3.8, 4) is 0 Å². The van der Waals surface area contributed by atoms with Crippen molar-refractivity contribution in [2.75, 3.05) is 11.2 Å². The molecule has 0 radical (unpaired) electrons. The first kappa shape index (κ1) is 27.3. The van der Waals surface area contributed by atoms with Crippen LogP contribution in [0.3, 0.4) is 0 Å². The molecule has 0 aliphatic carbocycles. The van der Waals surface area contributed by atoms with Crippen molar-refractivity contribution in [3.05, 3.63) is 60.2 Å². The summed E-state index contributed by atoms with van der Waals surface area (Å²) in [4.78, 5) is 5.02. The third-order valence-electron chi connectivity index (χ3n) is 4.10. The number of nitrogens with one attached hydrogen (secondary N) is 1. The zero-order valence-electron chi connectivity index (χ0n) is 17.7. The quantitative estimate of drug-likeness (QED) is 0.211. The van der Waals surface area contributed by atoms with Crippen molar-refractivity contribution >= 4 is 69.5 Å². The molecule has 0 aliphatic heterocycles. The Balaban J connectivity index is 0.00000342. The molecule has 2 aromatic heterocycles. The molecule has 0 amide bonds. The Hall–Kier alpha value is -2.27. The minimum absolute atomic E-state index is 0. The van der Waals surface area contributed by atoms with Crippen molar-refractivity contribution in [2.24, 2.45) is 20.5 Å². The minimum Gasteiger partial charge on any atom is -0.747 e. The number of hydrogen-bond donors (Lipinski definition) is 1. The van der Waals surface area contributed by atoms with Gasteiger partial charge in [-0.1, -0.05) is 22.7 Å². The second-order valence-electron chi connectivity index (χ2n) is 6.62. The van der Waals surface area contributed by atoms with E-state index in [1.807, 2.05) is 0 Å². The molecule has 0 saturated carbocycles. The van der Waals surface area contributed by atoms with Crippen molar-refractivity contribution in [1.29, 1.82) is 0 Å². The molecule has 0 aliphatic rings. The van der Waals surface area contributed by atoms with Crippen LogP contribution in [0.15, 0.2) is 75.1 Å². The molecule has 16 heteroatoms. The van der Waals surface area contributed by atoms with E-state index in [1.165, 1.54) is 34.8 Å². The van der Waals surface area contributed by atoms with Crippen LogP contribution in [0.25, 0.3) is 9.53 Å². The fraction of sp³-hybridized carbons (Fsp3) is 0.105. The first-order valence-corrected chi connectivity index (χ1v) is 12.4. The second-order valence-corrected chi connectivity index (χ2v) is 10.0. The number of nitrogens with zero attached hydrogens (tertiary/aromatic N) is 5. The molecule has 0 saturated heterocycles. The third-order valence-corrected chi connectivity index (χ3v) is 6.52. The summed E-state index contributed by atoms with van der Waals surface area (Å²) >= 11 is 2.53. The summed E-state index contributed by atoms with van der Waals surface area (Å²) < 4.78 is 70.6. The summed E-state index contributed by atoms with van der Waals surface area (Å²) in [7, 11) is -4.37. The monoisotopic (exact) mass is 548 g/mol. The number of aromatic nitrogens is 1. The van der Waals surface area contributed by atoms with E-state index < -0.39 is 27.7 Å². The Morgan fingerprint density at radius 1 is 0.914 bits per heavy atom. The van der Waals surface area contributed by atoms with Crippen molar-refractivity contribution in [2.45, 2.75) is 6.18 Å². The maximum Gasteiger partial charge on any atom is 1.00 e. The van der Waals surface area contributed by atoms with Crippen LogP contribution in [0.2, 0.25) is 0 Å². The fourth-order valence-electron chi connectivity index (χ4n) is 2.55. The van der Waals surface area contributed by atoms with Crippen molar-refractivity contribution in [1.82, 2.24) is 4.98 Å². The Labute approximate surface area is 226 Å². The molecular weight excluding hydrogens is 536 g/mol. The average molecular weight is 549 g/mol. The zero-order valence-corrected chi connectivity index (χ0v) is 22.2. The number of thiophene rings is 1. The van der Waals surface area contributed by atoms with Gasteiger partial charge in [0.05, 0.1) is 21.6 Å². The number of benzene rings is 2. The predicted octanol–water partition coefficient (Wildman–Crippen LogP) is 4.13. The molecule has 4 rings (SSSR count). The Kier molecular flexibility index (Phi) is 8.74. The number of thiazole rings is 1. The van der Waals surface area contributed by atoms with E-state index in [9.17, 15) is 26.1 Å². The van der Waals surface area contributed by atoms with Gasteiger partial charge >= 0.3 is 35.7 Å². The molecule has 0 bridgehead atoms. The third kappa shape index (κ3) is 7.86. The standard InChI is InChI=1S/C19H13F3N6O3S3.Na/c20-19(21,22)11-1-3-13(4-2-11)25-27-16-9-15-17(33-16)24-18(32-15)28-26-14-7-5-12(6-8-14)23-10-34(29,30)31;/h1-9,23H,10H2,(H,29,30,31);/q;+1/p-1. The molecule has 4 aromatic rings. The van der Waals surface area contributed by atoms with Gasteiger partial charge in [-0.25, -0.2) is 13.4 Å². The smallest absolute Gasteiger partial charge is 0.747 e. The molecule has 0 spiro atoms. The van der Waals surface area contributed by atoms with E-state index in [-0.39, 0.29) is 29.6 Å². The van der Waals surface area contributed by atoms with E-state index >= 15 is 0 Å². The molecule has 9 nitrogen and oxygen atoms in total. The molecule has 0 unspecified atom stereocenters. The molecular formula is C19H12F3N6NaO3S3. The van der Waals surface area contributed by atoms with E-state index in [2.05, 4.69) is 30.8 Å². The molecule has 2 heterocycles. The molecule has 35 heavy (non-hydrogen) atoms.